The molecule has 0 aliphatic heterocycles. The highest BCUT2D eigenvalue weighted by molar-refractivity contribution is 5.69. The summed E-state index contributed by atoms with van der Waals surface area (Å²) in [5, 5.41) is 0. The van der Waals surface area contributed by atoms with Crippen LogP contribution in [-0.4, -0.2) is 5.97 Å². The van der Waals surface area contributed by atoms with E-state index in [2.05, 4.69) is 39.8 Å². The molecule has 1 aromatic rings. The molecule has 1 rings (SSSR count). The third-order valence-electron chi connectivity index (χ3n) is 6.37. The lowest BCUT2D eigenvalue weighted by Gasteiger charge is -2.10. The number of benzene rings is 1. The maximum atomic E-state index is 12.0. The van der Waals surface area contributed by atoms with Crippen LogP contribution in [0.5, 0.6) is 0 Å². The molecule has 0 atom stereocenters. The molecule has 0 aliphatic rings. The highest BCUT2D eigenvalue weighted by Gasteiger charge is 2.06. The molecule has 0 spiro atoms. The Labute approximate surface area is 187 Å². The van der Waals surface area contributed by atoms with E-state index in [1.165, 1.54) is 100 Å². The molecular formula is C28H48O2. The van der Waals surface area contributed by atoms with Gasteiger partial charge in [-0.15, -0.1) is 0 Å². The van der Waals surface area contributed by atoms with Crippen molar-refractivity contribution in [2.24, 2.45) is 0 Å². The second-order valence-electron chi connectivity index (χ2n) is 9.22. The third kappa shape index (κ3) is 13.1. The standard InChI is InChI=1S/C28H48O2/c1-5-6-7-8-9-10-11-12-13-14-15-16-17-18-19-20-28(29)30-23-27-21-24(2)26(4)25(3)22-27/h21-22H,5-20,23H2,1-4H3. The van der Waals surface area contributed by atoms with E-state index in [4.69, 9.17) is 4.74 Å². The van der Waals surface area contributed by atoms with Gasteiger partial charge in [0.05, 0.1) is 0 Å². The number of ether oxygens (including phenoxy) is 1. The molecule has 0 fully saturated rings. The van der Waals surface area contributed by atoms with Crippen molar-refractivity contribution in [3.8, 4) is 0 Å². The number of carbonyl (C=O) groups excluding carboxylic acids is 1. The van der Waals surface area contributed by atoms with Gasteiger partial charge in [-0.2, -0.15) is 0 Å². The average Bonchev–Trinajstić information content (AvgIpc) is 2.73. The van der Waals surface area contributed by atoms with Crippen LogP contribution in [0.3, 0.4) is 0 Å². The molecule has 0 bridgehead atoms. The van der Waals surface area contributed by atoms with Gasteiger partial charge in [0.25, 0.3) is 0 Å². The van der Waals surface area contributed by atoms with Gasteiger partial charge in [0.15, 0.2) is 0 Å². The SMILES string of the molecule is CCCCCCCCCCCCCCCCCC(=O)OCc1cc(C)c(C)c(C)c1. The maximum absolute atomic E-state index is 12.0. The number of hydrogen-bond acceptors (Lipinski definition) is 2. The van der Waals surface area contributed by atoms with Crippen LogP contribution in [0, 0.1) is 20.8 Å². The zero-order chi connectivity index (χ0) is 22.0. The molecule has 0 heterocycles. The van der Waals surface area contributed by atoms with Gasteiger partial charge in [-0.05, 0) is 49.4 Å². The molecule has 0 saturated carbocycles. The molecular weight excluding hydrogens is 368 g/mol. The van der Waals surface area contributed by atoms with Crippen molar-refractivity contribution in [2.45, 2.75) is 137 Å². The Hall–Kier alpha value is -1.31. The number of aryl methyl sites for hydroxylation is 2. The lowest BCUT2D eigenvalue weighted by Crippen LogP contribution is -2.05. The lowest BCUT2D eigenvalue weighted by molar-refractivity contribution is -0.145. The molecule has 30 heavy (non-hydrogen) atoms. The average molecular weight is 417 g/mol. The molecule has 172 valence electrons. The van der Waals surface area contributed by atoms with E-state index in [1.54, 1.807) is 0 Å². The van der Waals surface area contributed by atoms with Crippen LogP contribution >= 0.6 is 0 Å². The minimum atomic E-state index is -0.0550. The normalized spacial score (nSPS) is 11.1. The minimum Gasteiger partial charge on any atom is -0.461 e. The Morgan fingerprint density at radius 1 is 0.667 bits per heavy atom. The molecule has 0 aliphatic carbocycles. The lowest BCUT2D eigenvalue weighted by atomic mass is 10.0. The number of rotatable bonds is 18. The van der Waals surface area contributed by atoms with E-state index in [1.807, 2.05) is 0 Å². The van der Waals surface area contributed by atoms with E-state index >= 15 is 0 Å². The van der Waals surface area contributed by atoms with E-state index in [9.17, 15) is 4.79 Å². The summed E-state index contributed by atoms with van der Waals surface area (Å²) in [5.41, 5.74) is 4.95. The monoisotopic (exact) mass is 416 g/mol. The molecule has 0 amide bonds. The van der Waals surface area contributed by atoms with Crippen molar-refractivity contribution in [1.29, 1.82) is 0 Å². The zero-order valence-corrected chi connectivity index (χ0v) is 20.5. The van der Waals surface area contributed by atoms with Gasteiger partial charge in [-0.3, -0.25) is 4.79 Å². The first kappa shape index (κ1) is 26.7. The molecule has 2 heteroatoms. The summed E-state index contributed by atoms with van der Waals surface area (Å²) in [4.78, 5) is 12.0. The van der Waals surface area contributed by atoms with E-state index in [0.29, 0.717) is 13.0 Å². The number of unbranched alkanes of at least 4 members (excludes halogenated alkanes) is 14. The Bertz CT molecular complexity index is 553. The Kier molecular flexibility index (Phi) is 15.5. The summed E-state index contributed by atoms with van der Waals surface area (Å²) in [6, 6.07) is 4.26. The van der Waals surface area contributed by atoms with E-state index in [0.717, 1.165) is 18.4 Å². The van der Waals surface area contributed by atoms with Crippen molar-refractivity contribution in [3.63, 3.8) is 0 Å². The van der Waals surface area contributed by atoms with Crippen LogP contribution < -0.4 is 0 Å². The largest absolute Gasteiger partial charge is 0.461 e. The van der Waals surface area contributed by atoms with Crippen LogP contribution in [0.4, 0.5) is 0 Å². The van der Waals surface area contributed by atoms with Crippen molar-refractivity contribution in [2.75, 3.05) is 0 Å². The van der Waals surface area contributed by atoms with Crippen LogP contribution in [0.15, 0.2) is 12.1 Å². The second-order valence-corrected chi connectivity index (χ2v) is 9.22. The molecule has 0 saturated heterocycles. The maximum Gasteiger partial charge on any atom is 0.306 e. The summed E-state index contributed by atoms with van der Waals surface area (Å²) in [6.07, 6.45) is 20.7. The van der Waals surface area contributed by atoms with Gasteiger partial charge in [0, 0.05) is 6.42 Å². The smallest absolute Gasteiger partial charge is 0.306 e. The fraction of sp³-hybridized carbons (Fsp3) is 0.750. The van der Waals surface area contributed by atoms with Crippen molar-refractivity contribution in [1.82, 2.24) is 0 Å². The predicted molar refractivity (Wildman–Crippen MR) is 130 cm³/mol. The van der Waals surface area contributed by atoms with E-state index < -0.39 is 0 Å². The van der Waals surface area contributed by atoms with Crippen molar-refractivity contribution >= 4 is 5.97 Å². The molecule has 0 N–H and O–H groups in total. The number of carbonyl (C=O) groups is 1. The van der Waals surface area contributed by atoms with Crippen molar-refractivity contribution in [3.05, 3.63) is 34.4 Å². The van der Waals surface area contributed by atoms with Gasteiger partial charge < -0.3 is 4.74 Å². The van der Waals surface area contributed by atoms with Gasteiger partial charge in [0.2, 0.25) is 0 Å². The highest BCUT2D eigenvalue weighted by Crippen LogP contribution is 2.17. The van der Waals surface area contributed by atoms with Crippen LogP contribution in [0.25, 0.3) is 0 Å². The van der Waals surface area contributed by atoms with Crippen molar-refractivity contribution < 1.29 is 9.53 Å². The Balaban J connectivity index is 1.89. The van der Waals surface area contributed by atoms with Gasteiger partial charge >= 0.3 is 5.97 Å². The second kappa shape index (κ2) is 17.4. The van der Waals surface area contributed by atoms with Crippen LogP contribution in [-0.2, 0) is 16.1 Å². The summed E-state index contributed by atoms with van der Waals surface area (Å²) in [6.45, 7) is 9.05. The fourth-order valence-electron chi connectivity index (χ4n) is 4.09. The summed E-state index contributed by atoms with van der Waals surface area (Å²) in [5.74, 6) is -0.0550. The predicted octanol–water partition coefficient (Wildman–Crippen LogP) is 8.92. The summed E-state index contributed by atoms with van der Waals surface area (Å²) in [7, 11) is 0. The first-order valence-electron chi connectivity index (χ1n) is 12.8. The van der Waals surface area contributed by atoms with E-state index in [-0.39, 0.29) is 5.97 Å². The number of esters is 1. The third-order valence-corrected chi connectivity index (χ3v) is 6.37. The summed E-state index contributed by atoms with van der Waals surface area (Å²) < 4.78 is 5.46. The fourth-order valence-corrected chi connectivity index (χ4v) is 4.09. The minimum absolute atomic E-state index is 0.0550. The molecule has 0 unspecified atom stereocenters. The summed E-state index contributed by atoms with van der Waals surface area (Å²) >= 11 is 0. The Morgan fingerprint density at radius 2 is 1.07 bits per heavy atom. The van der Waals surface area contributed by atoms with Gasteiger partial charge in [0.1, 0.15) is 6.61 Å². The van der Waals surface area contributed by atoms with Crippen LogP contribution in [0.2, 0.25) is 0 Å². The first-order valence-corrected chi connectivity index (χ1v) is 12.8. The van der Waals surface area contributed by atoms with Gasteiger partial charge in [-0.1, -0.05) is 109 Å². The van der Waals surface area contributed by atoms with Gasteiger partial charge in [-0.25, -0.2) is 0 Å². The number of hydrogen-bond donors (Lipinski definition) is 0. The molecule has 1 aromatic carbocycles. The van der Waals surface area contributed by atoms with Crippen LogP contribution in [0.1, 0.15) is 132 Å². The first-order chi connectivity index (χ1) is 14.5. The quantitative estimate of drug-likeness (QED) is 0.176. The molecule has 0 radical (unpaired) electrons. The zero-order valence-electron chi connectivity index (χ0n) is 20.5. The molecule has 2 nitrogen and oxygen atoms in total. The highest BCUT2D eigenvalue weighted by atomic mass is 16.5. The molecule has 0 aromatic heterocycles. The topological polar surface area (TPSA) is 26.3 Å². The Morgan fingerprint density at radius 3 is 1.50 bits per heavy atom.